The Labute approximate surface area is 400 Å². The van der Waals surface area contributed by atoms with Gasteiger partial charge in [0.2, 0.25) is 5.91 Å². The van der Waals surface area contributed by atoms with Gasteiger partial charge in [-0.2, -0.15) is 9.97 Å². The summed E-state index contributed by atoms with van der Waals surface area (Å²) in [5, 5.41) is 2.99. The first-order valence-corrected chi connectivity index (χ1v) is 25.2. The van der Waals surface area contributed by atoms with E-state index in [2.05, 4.69) is 19.9 Å². The number of carbonyl (C=O) groups excluding carboxylic acids is 2. The lowest BCUT2D eigenvalue weighted by Gasteiger charge is -2.27. The largest absolute Gasteiger partial charge is 0.424 e. The first-order chi connectivity index (χ1) is 32.6. The van der Waals surface area contributed by atoms with Crippen LogP contribution in [-0.2, 0) is 24.3 Å². The zero-order valence-electron chi connectivity index (χ0n) is 35.6. The number of rotatable bonds is 9. The first-order valence-electron chi connectivity index (χ1n) is 21.3. The number of benzene rings is 4. The molecule has 11 rings (SSSR count). The monoisotopic (exact) mass is 974 g/mol. The predicted octanol–water partition coefficient (Wildman–Crippen LogP) is 8.92. The molecule has 0 N–H and O–H groups in total. The fraction of sp³-hybridized carbons (Fsp3) is 0.229. The van der Waals surface area contributed by atoms with Crippen LogP contribution in [0.2, 0.25) is 0 Å². The summed E-state index contributed by atoms with van der Waals surface area (Å²) in [4.78, 5) is 57.7. The molecule has 0 unspecified atom stereocenters. The van der Waals surface area contributed by atoms with Gasteiger partial charge in [0.25, 0.3) is 11.5 Å². The Bertz CT molecular complexity index is 2970. The molecule has 3 fully saturated rings. The number of hydrogen-bond acceptors (Lipinski definition) is 13. The van der Waals surface area contributed by atoms with Crippen LogP contribution in [0.5, 0.6) is 23.5 Å². The van der Waals surface area contributed by atoms with Crippen LogP contribution in [0.15, 0.2) is 139 Å². The molecule has 0 aliphatic carbocycles. The van der Waals surface area contributed by atoms with Crippen molar-refractivity contribution in [3.63, 3.8) is 0 Å². The number of hydrazine groups is 1. The van der Waals surface area contributed by atoms with Crippen molar-refractivity contribution in [1.29, 1.82) is 0 Å². The number of amides is 2. The van der Waals surface area contributed by atoms with Crippen LogP contribution >= 0.6 is 47.0 Å². The SMILES string of the molecule is O=C(Cc1ccc(F)cc1)N1CC2(CN1C(=O)c1ccnc(Oc3ccccc3)n1)SCCS2.O=c1c(-c2ccc(F)cc2)c(-c2ccnc(Oc3ccccc3)n2)n2n1CC1(C2)SCCS1. The Morgan fingerprint density at radius 1 is 0.597 bits per heavy atom. The highest BCUT2D eigenvalue weighted by Gasteiger charge is 2.50. The van der Waals surface area contributed by atoms with Crippen LogP contribution < -0.4 is 15.0 Å². The number of carbonyl (C=O) groups is 2. The highest BCUT2D eigenvalue weighted by molar-refractivity contribution is 8.21. The maximum atomic E-state index is 13.6. The van der Waals surface area contributed by atoms with E-state index in [1.54, 1.807) is 76.9 Å². The van der Waals surface area contributed by atoms with Gasteiger partial charge in [0.15, 0.2) is 0 Å². The Balaban J connectivity index is 0.000000157. The smallest absolute Gasteiger partial charge is 0.322 e. The summed E-state index contributed by atoms with van der Waals surface area (Å²) >= 11 is 7.36. The molecule has 2 spiro atoms. The molecule has 4 aliphatic heterocycles. The van der Waals surface area contributed by atoms with E-state index in [0.717, 1.165) is 23.0 Å². The van der Waals surface area contributed by atoms with Crippen LogP contribution in [0.25, 0.3) is 22.5 Å². The average molecular weight is 975 g/mol. The molecule has 7 heterocycles. The summed E-state index contributed by atoms with van der Waals surface area (Å²) < 4.78 is 42.0. The quantitative estimate of drug-likeness (QED) is 0.136. The standard InChI is InChI=1S/C24H21FN4O3S2.C24H19FN4O2S2/c25-18-8-6-17(7-9-18)14-21(30)28-15-24(33-12-13-34-24)16-29(28)22(31)20-10-11-26-23(27-20)32-19-4-2-1-3-5-19;25-17-8-6-16(7-9-17)20-21(28-14-24(32-12-13-33-24)15-29(28)22(20)30)19-10-11-26-23(27-19)31-18-4-2-1-3-5-18/h1-11H,12-16H2;1-11H,12-15H2. The summed E-state index contributed by atoms with van der Waals surface area (Å²) in [6, 6.07) is 33.8. The van der Waals surface area contributed by atoms with Crippen LogP contribution in [0.3, 0.4) is 0 Å². The molecule has 0 atom stereocenters. The van der Waals surface area contributed by atoms with Crippen molar-refractivity contribution in [2.45, 2.75) is 27.7 Å². The third-order valence-electron chi connectivity index (χ3n) is 11.3. The lowest BCUT2D eigenvalue weighted by atomic mass is 10.0. The van der Waals surface area contributed by atoms with Crippen molar-refractivity contribution >= 4 is 58.9 Å². The number of ether oxygens (including phenoxy) is 2. The second-order valence-electron chi connectivity index (χ2n) is 15.8. The molecule has 0 saturated carbocycles. The highest BCUT2D eigenvalue weighted by atomic mass is 32.2. The number of halogens is 2. The molecule has 3 aromatic heterocycles. The summed E-state index contributed by atoms with van der Waals surface area (Å²) in [5.74, 6) is 3.96. The van der Waals surface area contributed by atoms with Gasteiger partial charge in [0.05, 0.1) is 49.6 Å². The van der Waals surface area contributed by atoms with Crippen LogP contribution in [0, 0.1) is 11.6 Å². The minimum Gasteiger partial charge on any atom is -0.424 e. The Morgan fingerprint density at radius 3 is 1.73 bits per heavy atom. The molecule has 4 aliphatic rings. The molecule has 19 heteroatoms. The second kappa shape index (κ2) is 19.2. The summed E-state index contributed by atoms with van der Waals surface area (Å²) in [6.45, 7) is 2.16. The number of para-hydroxylation sites is 2. The van der Waals surface area contributed by atoms with Crippen molar-refractivity contribution in [2.24, 2.45) is 0 Å². The number of hydrogen-bond donors (Lipinski definition) is 0. The van der Waals surface area contributed by atoms with Crippen molar-refractivity contribution in [3.8, 4) is 46.0 Å². The zero-order valence-corrected chi connectivity index (χ0v) is 38.8. The van der Waals surface area contributed by atoms with Crippen molar-refractivity contribution in [2.75, 3.05) is 36.1 Å². The van der Waals surface area contributed by atoms with E-state index in [1.165, 1.54) is 46.5 Å². The topological polar surface area (TPSA) is 138 Å². The summed E-state index contributed by atoms with van der Waals surface area (Å²) in [5.41, 5.74) is 3.22. The van der Waals surface area contributed by atoms with Crippen molar-refractivity contribution < 1.29 is 27.8 Å². The van der Waals surface area contributed by atoms with E-state index in [1.807, 2.05) is 76.7 Å². The normalized spacial score (nSPS) is 16.5. The lowest BCUT2D eigenvalue weighted by Crippen LogP contribution is -2.45. The van der Waals surface area contributed by atoms with E-state index in [-0.39, 0.29) is 55.4 Å². The van der Waals surface area contributed by atoms with Crippen LogP contribution in [0.1, 0.15) is 16.1 Å². The van der Waals surface area contributed by atoms with Gasteiger partial charge in [-0.25, -0.2) is 33.4 Å². The summed E-state index contributed by atoms with van der Waals surface area (Å²) in [6.07, 6.45) is 3.17. The van der Waals surface area contributed by atoms with Gasteiger partial charge >= 0.3 is 12.0 Å². The first kappa shape index (κ1) is 44.7. The van der Waals surface area contributed by atoms with Gasteiger partial charge in [0, 0.05) is 35.4 Å². The van der Waals surface area contributed by atoms with Crippen molar-refractivity contribution in [1.82, 2.24) is 39.3 Å². The van der Waals surface area contributed by atoms with Crippen molar-refractivity contribution in [3.05, 3.63) is 167 Å². The van der Waals surface area contributed by atoms with E-state index in [4.69, 9.17) is 9.47 Å². The molecule has 7 aromatic rings. The lowest BCUT2D eigenvalue weighted by molar-refractivity contribution is -0.139. The molecule has 13 nitrogen and oxygen atoms in total. The minimum atomic E-state index is -0.391. The van der Waals surface area contributed by atoms with Gasteiger partial charge in [-0.05, 0) is 71.8 Å². The molecule has 4 aromatic carbocycles. The Hall–Kier alpha value is -6.15. The number of aromatic nitrogens is 6. The summed E-state index contributed by atoms with van der Waals surface area (Å²) in [7, 11) is 0. The molecular weight excluding hydrogens is 935 g/mol. The fourth-order valence-electron chi connectivity index (χ4n) is 8.21. The number of thioether (sulfide) groups is 4. The van der Waals surface area contributed by atoms with Crippen LogP contribution in [0.4, 0.5) is 8.78 Å². The highest BCUT2D eigenvalue weighted by Crippen LogP contribution is 2.51. The zero-order chi connectivity index (χ0) is 46.0. The van der Waals surface area contributed by atoms with Gasteiger partial charge in [-0.15, -0.1) is 47.0 Å². The maximum Gasteiger partial charge on any atom is 0.322 e. The van der Waals surface area contributed by atoms with Crippen LogP contribution in [-0.4, -0.2) is 95.4 Å². The second-order valence-corrected chi connectivity index (χ2v) is 22.2. The third kappa shape index (κ3) is 9.68. The van der Waals surface area contributed by atoms with E-state index in [9.17, 15) is 23.2 Å². The molecule has 340 valence electrons. The molecule has 67 heavy (non-hydrogen) atoms. The maximum absolute atomic E-state index is 13.6. The van der Waals surface area contributed by atoms with E-state index in [0.29, 0.717) is 65.8 Å². The molecule has 3 saturated heterocycles. The van der Waals surface area contributed by atoms with E-state index >= 15 is 0 Å². The fourth-order valence-corrected chi connectivity index (χ4v) is 14.4. The van der Waals surface area contributed by atoms with Gasteiger partial charge in [-0.3, -0.25) is 19.1 Å². The number of nitrogens with zero attached hydrogens (tertiary/aromatic N) is 8. The van der Waals surface area contributed by atoms with Gasteiger partial charge in [0.1, 0.15) is 37.0 Å². The van der Waals surface area contributed by atoms with Gasteiger partial charge < -0.3 is 9.47 Å². The van der Waals surface area contributed by atoms with Gasteiger partial charge in [-0.1, -0.05) is 60.7 Å². The molecular formula is C48H40F2N8O5S4. The van der Waals surface area contributed by atoms with E-state index < -0.39 is 5.91 Å². The Kier molecular flexibility index (Phi) is 12.8. The minimum absolute atomic E-state index is 0.0361. The third-order valence-corrected chi connectivity index (χ3v) is 18.0. The average Bonchev–Trinajstić information content (AvgIpc) is 4.20. The molecule has 2 amide bonds. The Morgan fingerprint density at radius 2 is 1.12 bits per heavy atom. The predicted molar refractivity (Wildman–Crippen MR) is 258 cm³/mol. The number of fused-ring (bicyclic) bond motifs is 1. The molecule has 0 bridgehead atoms. The molecule has 0 radical (unpaired) electrons.